The zero-order valence-electron chi connectivity index (χ0n) is 29.9. The van der Waals surface area contributed by atoms with Gasteiger partial charge in [0.2, 0.25) is 5.70 Å². The second-order valence-electron chi connectivity index (χ2n) is 4.25. The monoisotopic (exact) mass is 344 g/mol. The van der Waals surface area contributed by atoms with Gasteiger partial charge in [-0.1, -0.05) is 58.1 Å². The quantitative estimate of drug-likeness (QED) is 0.221. The van der Waals surface area contributed by atoms with Crippen molar-refractivity contribution in [3.8, 4) is 0 Å². The Balaban J connectivity index is 6.98. The maximum atomic E-state index is 11.7. The predicted octanol–water partition coefficient (Wildman–Crippen LogP) is 5.71. The maximum Gasteiger partial charge on any atom is 0.303 e. The predicted molar refractivity (Wildman–Crippen MR) is 93.0 cm³/mol. The van der Waals surface area contributed by atoms with Crippen molar-refractivity contribution in [2.45, 2.75) is 96.4 Å². The Morgan fingerprint density at radius 2 is 1.70 bits per heavy atom. The molecule has 5 nitrogen and oxygen atoms in total. The number of unbranched alkanes of at least 4 members (excludes halogenated alkanes) is 4. The molecule has 0 saturated heterocycles. The highest BCUT2D eigenvalue weighted by Gasteiger charge is 2.09. The van der Waals surface area contributed by atoms with Gasteiger partial charge in [-0.3, -0.25) is 14.9 Å². The number of nitro groups is 1. The first-order chi connectivity index (χ1) is 17.5. The molecule has 0 fully saturated rings. The van der Waals surface area contributed by atoms with Gasteiger partial charge in [0.05, 0.1) is 6.29 Å². The summed E-state index contributed by atoms with van der Waals surface area (Å²) in [4.78, 5) is 21.5. The standard InChI is InChI=1S/C18H33NO4/c1-2-3-4-5-8-11-14-17(19(22)23)15-12-9-6-7-10-13-16-18(20)21/h15H,2-14,16H2,1H3,(H,20,21)/b17-15+/i6D2,7D2,9D2,10D2,12D2,13D2,14D2,15D,16D2. The van der Waals surface area contributed by atoms with Gasteiger partial charge in [-0.05, 0) is 31.6 Å². The molecule has 0 aliphatic rings. The van der Waals surface area contributed by atoms with Crippen LogP contribution in [0.1, 0.15) is 120 Å². The summed E-state index contributed by atoms with van der Waals surface area (Å²) in [5.41, 5.74) is -1.78. The molecule has 134 valence electrons. The van der Waals surface area contributed by atoms with Crippen LogP contribution in [0.25, 0.3) is 0 Å². The number of aliphatic carboxylic acids is 1. The van der Waals surface area contributed by atoms with Gasteiger partial charge in [-0.2, -0.15) is 0 Å². The molecule has 0 saturated carbocycles. The van der Waals surface area contributed by atoms with E-state index in [1.807, 2.05) is 6.92 Å². The highest BCUT2D eigenvalue weighted by Crippen LogP contribution is 2.14. The van der Waals surface area contributed by atoms with Crippen LogP contribution in [0.3, 0.4) is 0 Å². The van der Waals surface area contributed by atoms with Crippen molar-refractivity contribution in [1.82, 2.24) is 0 Å². The van der Waals surface area contributed by atoms with E-state index in [0.717, 1.165) is 12.8 Å². The van der Waals surface area contributed by atoms with Crippen LogP contribution in [0.15, 0.2) is 11.7 Å². The van der Waals surface area contributed by atoms with Crippen molar-refractivity contribution in [3.05, 3.63) is 21.9 Å². The summed E-state index contributed by atoms with van der Waals surface area (Å²) >= 11 is 0. The average Bonchev–Trinajstić information content (AvgIpc) is 2.77. The Morgan fingerprint density at radius 3 is 2.35 bits per heavy atom. The fourth-order valence-electron chi connectivity index (χ4n) is 1.39. The second-order valence-corrected chi connectivity index (χ2v) is 4.25. The number of nitrogens with zero attached hydrogens (tertiary/aromatic N) is 1. The Labute approximate surface area is 164 Å². The van der Waals surface area contributed by atoms with Crippen LogP contribution >= 0.6 is 0 Å². The number of hydrogen-bond donors (Lipinski definition) is 1. The molecule has 0 aromatic rings. The SMILES string of the molecule is [2H]/C(=C(\[N+](=O)[O-])C([2H])([2H])CCCCCCC)C([2H])([2H])C([2H])([2H])C([2H])([2H])C([2H])([2H])C([2H])([2H])C([2H])([2H])C([2H])([2H])C(=O)O. The van der Waals surface area contributed by atoms with E-state index in [0.29, 0.717) is 12.8 Å². The lowest BCUT2D eigenvalue weighted by molar-refractivity contribution is -0.428. The summed E-state index contributed by atoms with van der Waals surface area (Å²) in [5.74, 6) is -2.61. The molecule has 0 bridgehead atoms. The molecule has 0 aromatic heterocycles. The van der Waals surface area contributed by atoms with Crippen LogP contribution in [0.2, 0.25) is 0 Å². The Kier molecular flexibility index (Phi) is 4.37. The van der Waals surface area contributed by atoms with Crippen molar-refractivity contribution in [3.63, 3.8) is 0 Å². The van der Waals surface area contributed by atoms with E-state index in [9.17, 15) is 14.9 Å². The van der Waals surface area contributed by atoms with E-state index >= 15 is 0 Å². The van der Waals surface area contributed by atoms with E-state index in [-0.39, 0.29) is 6.42 Å². The number of carboxylic acids is 1. The molecule has 0 rings (SSSR count). The molecule has 0 aromatic carbocycles. The molecule has 0 amide bonds. The largest absolute Gasteiger partial charge is 0.481 e. The highest BCUT2D eigenvalue weighted by atomic mass is 16.6. The van der Waals surface area contributed by atoms with Gasteiger partial charge in [0.1, 0.15) is 0 Å². The summed E-state index contributed by atoms with van der Waals surface area (Å²) < 4.78 is 134. The van der Waals surface area contributed by atoms with Crippen molar-refractivity contribution in [1.29, 1.82) is 0 Å². The van der Waals surface area contributed by atoms with Crippen LogP contribution in [-0.2, 0) is 4.79 Å². The minimum absolute atomic E-state index is 0.0533. The summed E-state index contributed by atoms with van der Waals surface area (Å²) in [6.45, 7) is 1.90. The highest BCUT2D eigenvalue weighted by molar-refractivity contribution is 5.66. The smallest absolute Gasteiger partial charge is 0.303 e. The third kappa shape index (κ3) is 15.3. The van der Waals surface area contributed by atoms with Crippen LogP contribution in [0, 0.1) is 10.1 Å². The molecule has 0 unspecified atom stereocenters. The lowest BCUT2D eigenvalue weighted by atomic mass is 10.1. The molecular weight excluding hydrogens is 294 g/mol. The first-order valence-corrected chi connectivity index (χ1v) is 7.08. The van der Waals surface area contributed by atoms with Crippen molar-refractivity contribution in [2.75, 3.05) is 0 Å². The van der Waals surface area contributed by atoms with Crippen LogP contribution in [0.4, 0.5) is 0 Å². The normalized spacial score (nSPS) is 28.0. The van der Waals surface area contributed by atoms with Gasteiger partial charge >= 0.3 is 5.97 Å². The summed E-state index contributed by atoms with van der Waals surface area (Å²) in [6.07, 6.45) is -32.0. The van der Waals surface area contributed by atoms with E-state index < -0.39 is 80.0 Å². The van der Waals surface area contributed by atoms with E-state index in [2.05, 4.69) is 0 Å². The molecule has 0 heterocycles. The van der Waals surface area contributed by atoms with Gasteiger partial charge in [0, 0.05) is 34.7 Å². The lowest BCUT2D eigenvalue weighted by Gasteiger charge is -2.01. The topological polar surface area (TPSA) is 80.4 Å². The molecular formula is C18H33NO4. The second kappa shape index (κ2) is 15.5. The van der Waals surface area contributed by atoms with Gasteiger partial charge in [-0.25, -0.2) is 0 Å². The third-order valence-corrected chi connectivity index (χ3v) is 2.42. The first kappa shape index (κ1) is 6.49. The van der Waals surface area contributed by atoms with Gasteiger partial charge in [0.15, 0.2) is 0 Å². The number of carbonyl (C=O) groups is 1. The van der Waals surface area contributed by atoms with Gasteiger partial charge in [-0.15, -0.1) is 0 Å². The zero-order valence-corrected chi connectivity index (χ0v) is 12.9. The van der Waals surface area contributed by atoms with Crippen LogP contribution in [-0.4, -0.2) is 16.0 Å². The van der Waals surface area contributed by atoms with Crippen molar-refractivity contribution in [2.24, 2.45) is 0 Å². The van der Waals surface area contributed by atoms with Gasteiger partial charge in [0.25, 0.3) is 0 Å². The zero-order chi connectivity index (χ0) is 32.6. The molecule has 0 spiro atoms. The van der Waals surface area contributed by atoms with Gasteiger partial charge < -0.3 is 5.11 Å². The van der Waals surface area contributed by atoms with Crippen molar-refractivity contribution < 1.29 is 38.1 Å². The Bertz CT molecular complexity index is 977. The summed E-state index contributed by atoms with van der Waals surface area (Å²) in [6, 6.07) is -2.02. The molecule has 23 heavy (non-hydrogen) atoms. The summed E-state index contributed by atoms with van der Waals surface area (Å²) in [5, 5.41) is 20.7. The Hall–Kier alpha value is -1.39. The maximum absolute atomic E-state index is 11.7. The molecule has 0 aliphatic heterocycles. The number of carboxylic acid groups (broad SMARTS) is 1. The van der Waals surface area contributed by atoms with Crippen LogP contribution < -0.4 is 0 Å². The molecule has 5 heteroatoms. The van der Waals surface area contributed by atoms with Crippen LogP contribution in [0.5, 0.6) is 0 Å². The Morgan fingerprint density at radius 1 is 1.09 bits per heavy atom. The fourth-order valence-corrected chi connectivity index (χ4v) is 1.39. The average molecular weight is 345 g/mol. The number of hydrogen-bond acceptors (Lipinski definition) is 3. The molecule has 0 atom stereocenters. The summed E-state index contributed by atoms with van der Waals surface area (Å²) in [7, 11) is 0. The minimum atomic E-state index is -4.60. The lowest BCUT2D eigenvalue weighted by Crippen LogP contribution is -1.99. The van der Waals surface area contributed by atoms with E-state index in [1.54, 1.807) is 0 Å². The van der Waals surface area contributed by atoms with Crippen molar-refractivity contribution >= 4 is 5.97 Å². The third-order valence-electron chi connectivity index (χ3n) is 2.42. The van der Waals surface area contributed by atoms with E-state index in [4.69, 9.17) is 28.4 Å². The first-order valence-electron chi connectivity index (χ1n) is 15.6. The molecule has 1 N–H and O–H groups in total. The molecule has 0 aliphatic carbocycles. The molecule has 0 radical (unpaired) electrons. The number of allylic oxidation sites excluding steroid dienone is 2. The fraction of sp³-hybridized carbons (Fsp3) is 0.833. The van der Waals surface area contributed by atoms with E-state index in [1.165, 1.54) is 0 Å². The minimum Gasteiger partial charge on any atom is -0.481 e. The number of rotatable bonds is 16.